The molecule has 0 unspecified atom stereocenters. The van der Waals surface area contributed by atoms with Gasteiger partial charge in [0.25, 0.3) is 0 Å². The topological polar surface area (TPSA) is 43.5 Å². The van der Waals surface area contributed by atoms with Crippen molar-refractivity contribution in [2.75, 3.05) is 0 Å². The smallest absolute Gasteiger partial charge is 0.104 e. The van der Waals surface area contributed by atoms with Crippen molar-refractivity contribution < 1.29 is 20.6 Å². The highest BCUT2D eigenvalue weighted by Gasteiger charge is 2.35. The lowest BCUT2D eigenvalue weighted by Crippen LogP contribution is -2.16. The van der Waals surface area contributed by atoms with Gasteiger partial charge in [-0.05, 0) is 88.5 Å². The number of hydrogen-bond donors (Lipinski definition) is 0. The molecule has 0 bridgehead atoms. The van der Waals surface area contributed by atoms with Crippen molar-refractivity contribution in [3.8, 4) is 62.2 Å². The Kier molecular flexibility index (Phi) is 6.89. The van der Waals surface area contributed by atoms with E-state index in [0.717, 1.165) is 21.5 Å². The molecule has 5 nitrogen and oxygen atoms in total. The van der Waals surface area contributed by atoms with Gasteiger partial charge in [-0.25, -0.2) is 0 Å². The van der Waals surface area contributed by atoms with E-state index in [-0.39, 0.29) is 50.6 Å². The third-order valence-corrected chi connectivity index (χ3v) is 15.2. The molecule has 0 aliphatic heterocycles. The van der Waals surface area contributed by atoms with E-state index in [1.807, 2.05) is 164 Å². The van der Waals surface area contributed by atoms with Gasteiger partial charge in [-0.15, -0.1) is 0 Å². The molecule has 16 rings (SSSR count). The Morgan fingerprint density at radius 3 is 0.859 bits per heavy atom. The molecule has 0 atom stereocenters. The molecule has 16 aromatic rings. The zero-order chi connectivity index (χ0) is 64.5. The van der Waals surface area contributed by atoms with Crippen molar-refractivity contribution in [3.63, 3.8) is 0 Å². The van der Waals surface area contributed by atoms with E-state index < -0.39 is 90.6 Å². The number of hydrogen-bond acceptors (Lipinski definition) is 1. The maximum Gasteiger partial charge on any atom is 0.104 e. The van der Waals surface area contributed by atoms with Crippen LogP contribution in [0, 0.1) is 11.3 Å². The normalized spacial score (nSPS) is 14.5. The fraction of sp³-hybridized carbons (Fsp3) is 0. The fourth-order valence-corrected chi connectivity index (χ4v) is 12.1. The summed E-state index contributed by atoms with van der Waals surface area (Å²) in [5.41, 5.74) is 5.97. The van der Waals surface area contributed by atoms with Gasteiger partial charge in [-0.3, -0.25) is 0 Å². The van der Waals surface area contributed by atoms with Crippen LogP contribution in [-0.4, -0.2) is 18.3 Å². The number of fused-ring (bicyclic) bond motifs is 12. The molecule has 0 saturated carbocycles. The molecule has 0 aliphatic carbocycles. The molecule has 362 valence electrons. The van der Waals surface area contributed by atoms with Crippen LogP contribution in [0.25, 0.3) is 143 Å². The SMILES string of the molecule is [2H]c1c([2H])c([2H])c(-c2ccc3c(c2)c2ccccc2n3-c2c(-c3c([2H])c([2H])c([2H])c([2H])c3[2H])c(-n3c4ccccc4c4cc(-c5c([2H])c([2H])c([2H])c([2H])c5[2H])ccc43)c(-n3c4ccccc4c4ccccc43)c(C#N)c2-n2c3ccccc3c3ccccc32)c([2H])c1[2H]. The number of para-hydroxylation sites is 6. The summed E-state index contributed by atoms with van der Waals surface area (Å²) < 4.78 is 145. The maximum atomic E-state index is 13.0. The first-order valence-corrected chi connectivity index (χ1v) is 25.3. The van der Waals surface area contributed by atoms with Crippen LogP contribution >= 0.6 is 0 Å². The Balaban J connectivity index is 1.23. The summed E-state index contributed by atoms with van der Waals surface area (Å²) in [7, 11) is 0. The summed E-state index contributed by atoms with van der Waals surface area (Å²) in [6.45, 7) is 0. The first kappa shape index (κ1) is 31.3. The summed E-state index contributed by atoms with van der Waals surface area (Å²) in [6.07, 6.45) is 0. The molecule has 0 radical (unpaired) electrons. The minimum atomic E-state index is -0.648. The summed E-state index contributed by atoms with van der Waals surface area (Å²) in [6, 6.07) is 51.5. The quantitative estimate of drug-likeness (QED) is 0.157. The van der Waals surface area contributed by atoms with Gasteiger partial charge in [-0.2, -0.15) is 5.26 Å². The van der Waals surface area contributed by atoms with Gasteiger partial charge in [0.15, 0.2) is 0 Å². The second-order valence-corrected chi connectivity index (χ2v) is 19.2. The van der Waals surface area contributed by atoms with Crippen molar-refractivity contribution in [3.05, 3.63) is 278 Å². The molecule has 12 aromatic carbocycles. The third-order valence-electron chi connectivity index (χ3n) is 15.2. The Morgan fingerprint density at radius 2 is 0.538 bits per heavy atom. The van der Waals surface area contributed by atoms with Crippen LogP contribution in [0.3, 0.4) is 0 Å². The minimum Gasteiger partial charge on any atom is -0.306 e. The highest BCUT2D eigenvalue weighted by atomic mass is 15.1. The van der Waals surface area contributed by atoms with E-state index >= 15 is 0 Å². The van der Waals surface area contributed by atoms with Gasteiger partial charge < -0.3 is 18.3 Å². The average Bonchev–Trinajstić information content (AvgIpc) is 1.62. The van der Waals surface area contributed by atoms with Crippen LogP contribution in [0.2, 0.25) is 0 Å². The lowest BCUT2D eigenvalue weighted by molar-refractivity contribution is 1.04. The van der Waals surface area contributed by atoms with Crippen LogP contribution in [0.1, 0.15) is 26.1 Å². The number of nitrogens with zero attached hydrogens (tertiary/aromatic N) is 5. The van der Waals surface area contributed by atoms with Gasteiger partial charge >= 0.3 is 0 Å². The monoisotopic (exact) mass is 1010 g/mol. The van der Waals surface area contributed by atoms with Crippen molar-refractivity contribution in [2.24, 2.45) is 0 Å². The van der Waals surface area contributed by atoms with Crippen LogP contribution in [-0.2, 0) is 0 Å². The van der Waals surface area contributed by atoms with Crippen LogP contribution in [0.4, 0.5) is 0 Å². The van der Waals surface area contributed by atoms with E-state index in [0.29, 0.717) is 76.8 Å². The van der Waals surface area contributed by atoms with Crippen molar-refractivity contribution in [2.45, 2.75) is 0 Å². The molecule has 4 aromatic heterocycles. The molecule has 78 heavy (non-hydrogen) atoms. The lowest BCUT2D eigenvalue weighted by atomic mass is 9.93. The first-order chi connectivity index (χ1) is 44.9. The predicted molar refractivity (Wildman–Crippen MR) is 325 cm³/mol. The molecule has 0 N–H and O–H groups in total. The summed E-state index contributed by atoms with van der Waals surface area (Å²) >= 11 is 0. The van der Waals surface area contributed by atoms with Crippen LogP contribution in [0.15, 0.2) is 273 Å². The molecule has 0 aliphatic rings. The Hall–Kier alpha value is -10.7. The van der Waals surface area contributed by atoms with E-state index in [9.17, 15) is 10.7 Å². The zero-order valence-corrected chi connectivity index (χ0v) is 41.1. The highest BCUT2D eigenvalue weighted by Crippen LogP contribution is 2.52. The standard InChI is InChI=1S/C73H45N5/c74-46-60-70(75-61-34-16-10-28-52(61)53-29-11-17-35-62(53)75)72(77-65-38-20-14-32-56(65)58-44-50(40-42-67(58)77)47-22-4-1-5-23-47)69(49-26-8-3-9-27-49)73(71(60)76-63-36-18-12-30-54(63)55-31-13-19-37-64(55)76)78-66-39-21-15-33-57(66)59-45-51(41-43-68(59)78)48-24-6-2-7-25-48/h1-45H/i1D,2D,3D,4D,5D,6D,7D,8D,9D,22D,23D,24D,25D,26D,27D. The molecule has 5 heteroatoms. The van der Waals surface area contributed by atoms with E-state index in [1.165, 1.54) is 0 Å². The van der Waals surface area contributed by atoms with E-state index in [4.69, 9.17) is 15.1 Å². The highest BCUT2D eigenvalue weighted by molar-refractivity contribution is 6.17. The molecule has 0 saturated heterocycles. The van der Waals surface area contributed by atoms with Crippen LogP contribution < -0.4 is 0 Å². The molecular weight excluding hydrogens is 947 g/mol. The van der Waals surface area contributed by atoms with Crippen molar-refractivity contribution in [1.29, 1.82) is 5.26 Å². The zero-order valence-electron chi connectivity index (χ0n) is 56.1. The summed E-state index contributed by atoms with van der Waals surface area (Å²) in [5, 5.41) is 18.6. The van der Waals surface area contributed by atoms with Crippen LogP contribution in [0.5, 0.6) is 0 Å². The number of aromatic nitrogens is 4. The Labute approximate surface area is 470 Å². The predicted octanol–water partition coefficient (Wildman–Crippen LogP) is 18.9. The Bertz CT molecular complexity index is 5590. The van der Waals surface area contributed by atoms with Crippen molar-refractivity contribution >= 4 is 87.2 Å². The number of nitriles is 1. The first-order valence-electron chi connectivity index (χ1n) is 32.8. The second kappa shape index (κ2) is 17.2. The minimum absolute atomic E-state index is 0.0313. The van der Waals surface area contributed by atoms with Crippen molar-refractivity contribution in [1.82, 2.24) is 18.3 Å². The average molecular weight is 1010 g/mol. The molecular formula is C73H45N5. The largest absolute Gasteiger partial charge is 0.306 e. The molecule has 0 spiro atoms. The Morgan fingerprint density at radius 1 is 0.269 bits per heavy atom. The van der Waals surface area contributed by atoms with Gasteiger partial charge in [0, 0.05) is 48.7 Å². The molecule has 4 heterocycles. The second-order valence-electron chi connectivity index (χ2n) is 19.2. The summed E-state index contributed by atoms with van der Waals surface area (Å²) in [5.74, 6) is 0. The van der Waals surface area contributed by atoms with E-state index in [2.05, 4.69) is 6.07 Å². The lowest BCUT2D eigenvalue weighted by Gasteiger charge is -2.29. The molecule has 0 fully saturated rings. The molecule has 0 amide bonds. The van der Waals surface area contributed by atoms with Gasteiger partial charge in [0.2, 0.25) is 0 Å². The number of rotatable bonds is 7. The van der Waals surface area contributed by atoms with Gasteiger partial charge in [0.05, 0.1) is 87.4 Å². The third kappa shape index (κ3) is 6.29. The van der Waals surface area contributed by atoms with Gasteiger partial charge in [-0.1, -0.05) is 212 Å². The fourth-order valence-electron chi connectivity index (χ4n) is 12.1. The summed E-state index contributed by atoms with van der Waals surface area (Å²) in [4.78, 5) is 0. The van der Waals surface area contributed by atoms with Gasteiger partial charge in [0.1, 0.15) is 11.6 Å². The van der Waals surface area contributed by atoms with E-state index in [1.54, 1.807) is 36.4 Å². The number of benzene rings is 12. The maximum absolute atomic E-state index is 13.0.